The molecule has 0 saturated heterocycles. The first-order valence-corrected chi connectivity index (χ1v) is 3.89. The van der Waals surface area contributed by atoms with Crippen LogP contribution in [0.1, 0.15) is 12.5 Å². The van der Waals surface area contributed by atoms with Gasteiger partial charge in [0, 0.05) is 0 Å². The smallest absolute Gasteiger partial charge is 0.194 e. The summed E-state index contributed by atoms with van der Waals surface area (Å²) in [7, 11) is 0. The van der Waals surface area contributed by atoms with Crippen LogP contribution in [-0.4, -0.2) is 5.78 Å². The summed E-state index contributed by atoms with van der Waals surface area (Å²) in [6.45, 7) is 8.36. The largest absolute Gasteiger partial charge is 0.295 e. The highest BCUT2D eigenvalue weighted by Crippen LogP contribution is 2.19. The lowest BCUT2D eigenvalue weighted by Crippen LogP contribution is -1.79. The Morgan fingerprint density at radius 1 is 1.46 bits per heavy atom. The maximum absolute atomic E-state index is 10.7. The lowest BCUT2D eigenvalue weighted by atomic mass is 10.1. The Balaban J connectivity index is 3.02. The van der Waals surface area contributed by atoms with Crippen molar-refractivity contribution in [3.05, 3.63) is 47.3 Å². The monoisotopic (exact) mass is 171 g/mol. The highest BCUT2D eigenvalue weighted by atomic mass is 16.1. The van der Waals surface area contributed by atoms with E-state index in [-0.39, 0.29) is 5.78 Å². The second-order valence-corrected chi connectivity index (χ2v) is 2.61. The Bertz CT molecular complexity index is 385. The van der Waals surface area contributed by atoms with E-state index in [9.17, 15) is 4.79 Å². The molecule has 0 aliphatic carbocycles. The summed E-state index contributed by atoms with van der Waals surface area (Å²) in [6, 6.07) is 7.19. The van der Waals surface area contributed by atoms with Gasteiger partial charge in [0.15, 0.2) is 11.5 Å². The molecule has 0 fully saturated rings. The van der Waals surface area contributed by atoms with Crippen LogP contribution in [0, 0.1) is 6.57 Å². The predicted octanol–water partition coefficient (Wildman–Crippen LogP) is 2.84. The molecule has 0 unspecified atom stereocenters. The molecule has 1 aromatic rings. The summed E-state index contributed by atoms with van der Waals surface area (Å²) in [5.41, 5.74) is 1.35. The van der Waals surface area contributed by atoms with Crippen LogP contribution < -0.4 is 0 Å². The molecule has 0 aliphatic rings. The highest BCUT2D eigenvalue weighted by Gasteiger charge is 1.95. The first-order chi connectivity index (χ1) is 6.24. The number of rotatable bonds is 2. The molecule has 0 spiro atoms. The van der Waals surface area contributed by atoms with Gasteiger partial charge in [0.25, 0.3) is 0 Å². The molecule has 0 bridgehead atoms. The fourth-order valence-electron chi connectivity index (χ4n) is 0.937. The van der Waals surface area contributed by atoms with E-state index < -0.39 is 0 Å². The van der Waals surface area contributed by atoms with Crippen LogP contribution in [0.4, 0.5) is 5.69 Å². The van der Waals surface area contributed by atoms with Crippen LogP contribution in [-0.2, 0) is 4.79 Å². The number of carbonyl (C=O) groups excluding carboxylic acids is 1. The van der Waals surface area contributed by atoms with E-state index in [4.69, 9.17) is 6.57 Å². The molecule has 0 amide bonds. The first kappa shape index (κ1) is 9.21. The predicted molar refractivity (Wildman–Crippen MR) is 52.4 cm³/mol. The second-order valence-electron chi connectivity index (χ2n) is 2.61. The number of allylic oxidation sites excluding steroid dienone is 1. The summed E-state index contributed by atoms with van der Waals surface area (Å²) >= 11 is 0. The number of hydrogen-bond acceptors (Lipinski definition) is 1. The molecule has 1 rings (SSSR count). The van der Waals surface area contributed by atoms with Crippen LogP contribution in [0.5, 0.6) is 0 Å². The number of benzene rings is 1. The van der Waals surface area contributed by atoms with Crippen LogP contribution in [0.2, 0.25) is 0 Å². The molecule has 1 aromatic carbocycles. The normalized spacial score (nSPS) is 9.85. The summed E-state index contributed by atoms with van der Waals surface area (Å²) in [4.78, 5) is 14.0. The van der Waals surface area contributed by atoms with Gasteiger partial charge in [-0.3, -0.25) is 4.79 Å². The van der Waals surface area contributed by atoms with Gasteiger partial charge < -0.3 is 0 Å². The van der Waals surface area contributed by atoms with Crippen molar-refractivity contribution in [3.8, 4) is 0 Å². The molecule has 2 nitrogen and oxygen atoms in total. The van der Waals surface area contributed by atoms with Crippen LogP contribution in [0.3, 0.4) is 0 Å². The first-order valence-electron chi connectivity index (χ1n) is 3.89. The average Bonchev–Trinajstić information content (AvgIpc) is 2.15. The quantitative estimate of drug-likeness (QED) is 0.495. The van der Waals surface area contributed by atoms with Crippen LogP contribution in [0.15, 0.2) is 30.3 Å². The molecule has 2 heteroatoms. The Morgan fingerprint density at radius 3 is 2.77 bits per heavy atom. The standard InChI is InChI=1S/C11H9NO/c1-9(13)7-8-10-5-3-4-6-11(10)12-2/h3-8H,1H3/b8-7+. The topological polar surface area (TPSA) is 21.4 Å². The van der Waals surface area contributed by atoms with Crippen molar-refractivity contribution >= 4 is 17.5 Å². The second kappa shape index (κ2) is 4.22. The average molecular weight is 171 g/mol. The highest BCUT2D eigenvalue weighted by molar-refractivity contribution is 5.92. The number of carbonyl (C=O) groups is 1. The minimum Gasteiger partial charge on any atom is -0.295 e. The molecule has 0 saturated carbocycles. The molecule has 0 heterocycles. The van der Waals surface area contributed by atoms with Crippen molar-refractivity contribution in [1.82, 2.24) is 0 Å². The maximum Gasteiger partial charge on any atom is 0.194 e. The lowest BCUT2D eigenvalue weighted by molar-refractivity contribution is -0.112. The van der Waals surface area contributed by atoms with Gasteiger partial charge in [-0.05, 0) is 18.6 Å². The van der Waals surface area contributed by atoms with Gasteiger partial charge in [0.2, 0.25) is 0 Å². The Morgan fingerprint density at radius 2 is 2.15 bits per heavy atom. The van der Waals surface area contributed by atoms with E-state index in [1.165, 1.54) is 13.0 Å². The Hall–Kier alpha value is -1.88. The van der Waals surface area contributed by atoms with Crippen molar-refractivity contribution in [1.29, 1.82) is 0 Å². The van der Waals surface area contributed by atoms with Gasteiger partial charge in [-0.1, -0.05) is 30.3 Å². The molecule has 13 heavy (non-hydrogen) atoms. The molecule has 0 radical (unpaired) electrons. The molecule has 64 valence electrons. The third kappa shape index (κ3) is 2.57. The van der Waals surface area contributed by atoms with Gasteiger partial charge in [-0.2, -0.15) is 0 Å². The number of hydrogen-bond donors (Lipinski definition) is 0. The third-order valence-corrected chi connectivity index (χ3v) is 1.55. The van der Waals surface area contributed by atoms with E-state index in [0.717, 1.165) is 5.56 Å². The molecule has 0 aliphatic heterocycles. The summed E-state index contributed by atoms with van der Waals surface area (Å²) < 4.78 is 0. The molecular formula is C11H9NO. The molecule has 0 aromatic heterocycles. The minimum atomic E-state index is -0.0141. The zero-order valence-corrected chi connectivity index (χ0v) is 7.32. The van der Waals surface area contributed by atoms with Crippen LogP contribution in [0.25, 0.3) is 10.9 Å². The summed E-state index contributed by atoms with van der Waals surface area (Å²) in [5.74, 6) is -0.0141. The minimum absolute atomic E-state index is 0.0141. The van der Waals surface area contributed by atoms with Crippen molar-refractivity contribution in [2.45, 2.75) is 6.92 Å². The molecule has 0 N–H and O–H groups in total. The van der Waals surface area contributed by atoms with Crippen molar-refractivity contribution in [3.63, 3.8) is 0 Å². The van der Waals surface area contributed by atoms with Gasteiger partial charge in [0.05, 0.1) is 6.57 Å². The fourth-order valence-corrected chi connectivity index (χ4v) is 0.937. The number of para-hydroxylation sites is 1. The van der Waals surface area contributed by atoms with Gasteiger partial charge in [-0.15, -0.1) is 0 Å². The summed E-state index contributed by atoms with van der Waals surface area (Å²) in [5, 5.41) is 0. The van der Waals surface area contributed by atoms with Gasteiger partial charge >= 0.3 is 0 Å². The number of nitrogens with zero attached hydrogens (tertiary/aromatic N) is 1. The van der Waals surface area contributed by atoms with Crippen molar-refractivity contribution < 1.29 is 4.79 Å². The Kier molecular flexibility index (Phi) is 2.99. The SMILES string of the molecule is [C-]#[N+]c1ccccc1/C=C/C(C)=O. The number of ketones is 1. The zero-order valence-electron chi connectivity index (χ0n) is 7.32. The van der Waals surface area contributed by atoms with E-state index in [1.807, 2.05) is 12.1 Å². The van der Waals surface area contributed by atoms with E-state index in [1.54, 1.807) is 18.2 Å². The summed E-state index contributed by atoms with van der Waals surface area (Å²) in [6.07, 6.45) is 3.12. The van der Waals surface area contributed by atoms with Crippen molar-refractivity contribution in [2.75, 3.05) is 0 Å². The lowest BCUT2D eigenvalue weighted by Gasteiger charge is -1.94. The third-order valence-electron chi connectivity index (χ3n) is 1.55. The van der Waals surface area contributed by atoms with Crippen LogP contribution >= 0.6 is 0 Å². The van der Waals surface area contributed by atoms with Gasteiger partial charge in [-0.25, -0.2) is 4.85 Å². The van der Waals surface area contributed by atoms with Gasteiger partial charge in [0.1, 0.15) is 0 Å². The van der Waals surface area contributed by atoms with E-state index in [0.29, 0.717) is 5.69 Å². The molecule has 0 atom stereocenters. The molecular weight excluding hydrogens is 162 g/mol. The Labute approximate surface area is 77.3 Å². The zero-order chi connectivity index (χ0) is 9.68. The van der Waals surface area contributed by atoms with Crippen molar-refractivity contribution in [2.24, 2.45) is 0 Å². The maximum atomic E-state index is 10.7. The van der Waals surface area contributed by atoms with E-state index in [2.05, 4.69) is 4.85 Å². The van der Waals surface area contributed by atoms with E-state index >= 15 is 0 Å². The fraction of sp³-hybridized carbons (Fsp3) is 0.0909.